The Bertz CT molecular complexity index is 499. The van der Waals surface area contributed by atoms with Crippen molar-refractivity contribution >= 4 is 5.97 Å². The molecule has 3 N–H and O–H groups in total. The third-order valence-electron chi connectivity index (χ3n) is 5.55. The Kier molecular flexibility index (Phi) is 12.2. The number of hydrogen-bond acceptors (Lipinski definition) is 4. The van der Waals surface area contributed by atoms with Crippen molar-refractivity contribution in [3.8, 4) is 0 Å². The number of aliphatic hydroxyl groups is 2. The van der Waals surface area contributed by atoms with Crippen LogP contribution in [0.4, 0.5) is 0 Å². The molecule has 1 saturated carbocycles. The van der Waals surface area contributed by atoms with Crippen molar-refractivity contribution in [1.29, 1.82) is 0 Å². The lowest BCUT2D eigenvalue weighted by Crippen LogP contribution is -2.32. The molecular formula is C23H40O5. The minimum atomic E-state index is -1.29. The fraction of sp³-hybridized carbons (Fsp3) is 0.783. The van der Waals surface area contributed by atoms with Crippen molar-refractivity contribution in [2.75, 3.05) is 6.61 Å². The third kappa shape index (κ3) is 8.78. The van der Waals surface area contributed by atoms with Crippen LogP contribution in [0.2, 0.25) is 0 Å². The number of unbranched alkanes of at least 4 members (excludes halogenated alkanes) is 4. The summed E-state index contributed by atoms with van der Waals surface area (Å²) in [6.45, 7) is 4.94. The van der Waals surface area contributed by atoms with E-state index in [1.165, 1.54) is 19.3 Å². The number of carboxylic acids is 1. The number of hydrogen-bond donors (Lipinski definition) is 3. The van der Waals surface area contributed by atoms with E-state index in [1.54, 1.807) is 0 Å². The maximum absolute atomic E-state index is 10.8. The van der Waals surface area contributed by atoms with E-state index in [1.807, 2.05) is 12.2 Å². The van der Waals surface area contributed by atoms with Crippen molar-refractivity contribution in [2.45, 2.75) is 103 Å². The Balaban J connectivity index is 2.52. The molecule has 5 heteroatoms. The summed E-state index contributed by atoms with van der Waals surface area (Å²) in [7, 11) is 0. The molecule has 0 radical (unpaired) electrons. The molecule has 28 heavy (non-hydrogen) atoms. The van der Waals surface area contributed by atoms with Crippen LogP contribution in [0.25, 0.3) is 0 Å². The summed E-state index contributed by atoms with van der Waals surface area (Å²) in [6, 6.07) is 0. The van der Waals surface area contributed by atoms with Gasteiger partial charge in [0.05, 0.1) is 0 Å². The highest BCUT2D eigenvalue weighted by molar-refractivity contribution is 5.71. The topological polar surface area (TPSA) is 87.0 Å². The monoisotopic (exact) mass is 396 g/mol. The first-order valence-electron chi connectivity index (χ1n) is 11.0. The number of aliphatic hydroxyl groups excluding tert-OH is 2. The number of carboxylic acid groups (broad SMARTS) is 1. The van der Waals surface area contributed by atoms with Crippen molar-refractivity contribution < 1.29 is 24.9 Å². The van der Waals surface area contributed by atoms with Gasteiger partial charge in [-0.2, -0.15) is 0 Å². The normalized spacial score (nSPS) is 24.1. The highest BCUT2D eigenvalue weighted by atomic mass is 16.5. The molecule has 1 fully saturated rings. The molecule has 1 aliphatic carbocycles. The molecule has 0 heterocycles. The van der Waals surface area contributed by atoms with E-state index in [-0.39, 0.29) is 6.42 Å². The smallest absolute Gasteiger partial charge is 0.332 e. The van der Waals surface area contributed by atoms with Crippen molar-refractivity contribution in [2.24, 2.45) is 5.92 Å². The molecule has 0 amide bonds. The predicted octanol–water partition coefficient (Wildman–Crippen LogP) is 5.54. The van der Waals surface area contributed by atoms with Crippen LogP contribution in [-0.4, -0.2) is 39.6 Å². The van der Waals surface area contributed by atoms with E-state index in [0.717, 1.165) is 44.9 Å². The van der Waals surface area contributed by atoms with Crippen LogP contribution in [0.3, 0.4) is 0 Å². The number of ether oxygens (including phenoxy) is 1. The number of carbonyl (C=O) groups is 1. The molecule has 0 aliphatic heterocycles. The first kappa shape index (κ1) is 24.7. The number of rotatable bonds is 15. The van der Waals surface area contributed by atoms with Gasteiger partial charge in [0.1, 0.15) is 11.4 Å². The molecule has 1 aliphatic rings. The van der Waals surface area contributed by atoms with Gasteiger partial charge < -0.3 is 20.1 Å². The second-order valence-electron chi connectivity index (χ2n) is 8.03. The highest BCUT2D eigenvalue weighted by Crippen LogP contribution is 2.43. The maximum Gasteiger partial charge on any atom is 0.332 e. The Labute approximate surface area is 170 Å². The van der Waals surface area contributed by atoms with Crippen LogP contribution in [0.15, 0.2) is 24.0 Å². The summed E-state index contributed by atoms with van der Waals surface area (Å²) in [6.07, 6.45) is 15.7. The fourth-order valence-electron chi connectivity index (χ4n) is 3.82. The third-order valence-corrected chi connectivity index (χ3v) is 5.55. The van der Waals surface area contributed by atoms with Crippen LogP contribution in [-0.2, 0) is 9.53 Å². The SMILES string of the molecule is CCCCCC/C=C(/O)[C@]1(OCCC)CCC(C/C=C\CC[C@@H](O)C(=O)O)C1. The molecule has 0 spiro atoms. The molecule has 0 aromatic heterocycles. The zero-order valence-electron chi connectivity index (χ0n) is 17.7. The zero-order chi connectivity index (χ0) is 20.8. The second-order valence-corrected chi connectivity index (χ2v) is 8.03. The minimum absolute atomic E-state index is 0.238. The second kappa shape index (κ2) is 13.8. The van der Waals surface area contributed by atoms with Gasteiger partial charge in [-0.3, -0.25) is 0 Å². The summed E-state index contributed by atoms with van der Waals surface area (Å²) in [5.41, 5.74) is -0.529. The number of aliphatic carboxylic acids is 1. The molecule has 3 atom stereocenters. The zero-order valence-corrected chi connectivity index (χ0v) is 17.7. The van der Waals surface area contributed by atoms with Gasteiger partial charge in [0.2, 0.25) is 0 Å². The van der Waals surface area contributed by atoms with E-state index >= 15 is 0 Å². The van der Waals surface area contributed by atoms with Gasteiger partial charge in [-0.15, -0.1) is 0 Å². The molecule has 1 rings (SSSR count). The molecule has 5 nitrogen and oxygen atoms in total. The van der Waals surface area contributed by atoms with Crippen LogP contribution >= 0.6 is 0 Å². The van der Waals surface area contributed by atoms with Gasteiger partial charge in [-0.05, 0) is 69.8 Å². The maximum atomic E-state index is 10.8. The summed E-state index contributed by atoms with van der Waals surface area (Å²) < 4.78 is 6.15. The number of allylic oxidation sites excluding steroid dienone is 3. The summed E-state index contributed by atoms with van der Waals surface area (Å²) in [5, 5.41) is 28.7. The van der Waals surface area contributed by atoms with Crippen LogP contribution < -0.4 is 0 Å². The van der Waals surface area contributed by atoms with Gasteiger partial charge in [0.15, 0.2) is 6.10 Å². The van der Waals surface area contributed by atoms with Gasteiger partial charge in [-0.1, -0.05) is 45.3 Å². The summed E-state index contributed by atoms with van der Waals surface area (Å²) >= 11 is 0. The van der Waals surface area contributed by atoms with Crippen molar-refractivity contribution in [3.05, 3.63) is 24.0 Å². The van der Waals surface area contributed by atoms with E-state index < -0.39 is 17.7 Å². The van der Waals surface area contributed by atoms with E-state index in [9.17, 15) is 15.0 Å². The molecule has 1 unspecified atom stereocenters. The molecule has 0 aromatic carbocycles. The average molecular weight is 397 g/mol. The standard InChI is InChI=1S/C23H40O5/c1-3-5-6-7-11-14-21(25)23(28-17-4-2)16-15-19(18-23)12-9-8-10-13-20(24)22(26)27/h8-9,14,19-20,24-25H,3-7,10-13,15-18H2,1-2H3,(H,26,27)/b9-8-,21-14+/t19?,20-,23+/m1/s1. The van der Waals surface area contributed by atoms with E-state index in [2.05, 4.69) is 19.9 Å². The molecule has 0 saturated heterocycles. The Morgan fingerprint density at radius 1 is 1.14 bits per heavy atom. The lowest BCUT2D eigenvalue weighted by molar-refractivity contribution is -0.146. The quantitative estimate of drug-likeness (QED) is 0.192. The average Bonchev–Trinajstić information content (AvgIpc) is 3.10. The highest BCUT2D eigenvalue weighted by Gasteiger charge is 2.42. The van der Waals surface area contributed by atoms with Gasteiger partial charge >= 0.3 is 5.97 Å². The van der Waals surface area contributed by atoms with Gasteiger partial charge in [0.25, 0.3) is 0 Å². The Morgan fingerprint density at radius 2 is 1.93 bits per heavy atom. The lowest BCUT2D eigenvalue weighted by Gasteiger charge is -2.29. The minimum Gasteiger partial charge on any atom is -0.510 e. The van der Waals surface area contributed by atoms with Crippen LogP contribution in [0, 0.1) is 5.92 Å². The van der Waals surface area contributed by atoms with E-state index in [4.69, 9.17) is 9.84 Å². The lowest BCUT2D eigenvalue weighted by atomic mass is 9.94. The van der Waals surface area contributed by atoms with Gasteiger partial charge in [0, 0.05) is 6.61 Å². The summed E-state index contributed by atoms with van der Waals surface area (Å²) in [5.74, 6) is -0.305. The van der Waals surface area contributed by atoms with Crippen LogP contribution in [0.5, 0.6) is 0 Å². The summed E-state index contributed by atoms with van der Waals surface area (Å²) in [4.78, 5) is 10.6. The molecule has 162 valence electrons. The van der Waals surface area contributed by atoms with Crippen LogP contribution in [0.1, 0.15) is 90.9 Å². The first-order chi connectivity index (χ1) is 13.4. The molecule has 0 aromatic rings. The first-order valence-corrected chi connectivity index (χ1v) is 11.0. The molecule has 0 bridgehead atoms. The largest absolute Gasteiger partial charge is 0.510 e. The van der Waals surface area contributed by atoms with Crippen molar-refractivity contribution in [3.63, 3.8) is 0 Å². The van der Waals surface area contributed by atoms with Gasteiger partial charge in [-0.25, -0.2) is 4.79 Å². The molecular weight excluding hydrogens is 356 g/mol. The van der Waals surface area contributed by atoms with Crippen molar-refractivity contribution in [1.82, 2.24) is 0 Å². The Morgan fingerprint density at radius 3 is 2.61 bits per heavy atom. The predicted molar refractivity (Wildman–Crippen MR) is 112 cm³/mol. The fourth-order valence-corrected chi connectivity index (χ4v) is 3.82. The Hall–Kier alpha value is -1.33. The van der Waals surface area contributed by atoms with E-state index in [0.29, 0.717) is 24.7 Å².